The van der Waals surface area contributed by atoms with E-state index in [0.29, 0.717) is 30.3 Å². The van der Waals surface area contributed by atoms with Crippen LogP contribution < -0.4 is 15.5 Å². The van der Waals surface area contributed by atoms with Crippen molar-refractivity contribution in [3.63, 3.8) is 0 Å². The lowest BCUT2D eigenvalue weighted by Crippen LogP contribution is -2.25. The van der Waals surface area contributed by atoms with Crippen LogP contribution in [0.4, 0.5) is 16.5 Å². The van der Waals surface area contributed by atoms with Crippen LogP contribution in [0.25, 0.3) is 0 Å². The predicted octanol–water partition coefficient (Wildman–Crippen LogP) is 2.99. The quantitative estimate of drug-likeness (QED) is 0.533. The molecule has 0 spiro atoms. The monoisotopic (exact) mass is 389 g/mol. The van der Waals surface area contributed by atoms with Crippen molar-refractivity contribution in [1.82, 2.24) is 10.2 Å². The normalized spacial score (nSPS) is 13.7. The molecule has 1 fully saturated rings. The third-order valence-electron chi connectivity index (χ3n) is 3.67. The number of anilines is 3. The average Bonchev–Trinajstić information content (AvgIpc) is 3.27. The van der Waals surface area contributed by atoms with Crippen LogP contribution in [0.3, 0.4) is 0 Å². The Morgan fingerprint density at radius 1 is 1.38 bits per heavy atom. The van der Waals surface area contributed by atoms with E-state index in [2.05, 4.69) is 27.4 Å². The highest BCUT2D eigenvalue weighted by molar-refractivity contribution is 8.01. The van der Waals surface area contributed by atoms with Crippen LogP contribution in [-0.4, -0.2) is 40.9 Å². The van der Waals surface area contributed by atoms with E-state index in [1.54, 1.807) is 11.0 Å². The summed E-state index contributed by atoms with van der Waals surface area (Å²) < 4.78 is 0.717. The molecule has 0 saturated carbocycles. The molecule has 7 nitrogen and oxygen atoms in total. The third-order valence-corrected chi connectivity index (χ3v) is 5.69. The van der Waals surface area contributed by atoms with Crippen molar-refractivity contribution in [2.75, 3.05) is 34.4 Å². The molecular formula is C17H19N5O2S2. The van der Waals surface area contributed by atoms with Crippen LogP contribution in [0.5, 0.6) is 0 Å². The van der Waals surface area contributed by atoms with Gasteiger partial charge in [0.15, 0.2) is 4.34 Å². The molecule has 0 radical (unpaired) electrons. The van der Waals surface area contributed by atoms with Crippen LogP contribution in [0.1, 0.15) is 12.8 Å². The number of thioether (sulfide) groups is 1. The zero-order valence-electron chi connectivity index (χ0n) is 14.1. The summed E-state index contributed by atoms with van der Waals surface area (Å²) in [4.78, 5) is 26.0. The van der Waals surface area contributed by atoms with Gasteiger partial charge in [-0.1, -0.05) is 41.3 Å². The smallest absolute Gasteiger partial charge is 0.234 e. The van der Waals surface area contributed by atoms with Crippen LogP contribution >= 0.6 is 23.1 Å². The number of hydrogen-bond donors (Lipinski definition) is 2. The first kappa shape index (κ1) is 18.4. The van der Waals surface area contributed by atoms with Crippen molar-refractivity contribution in [3.8, 4) is 0 Å². The maximum atomic E-state index is 12.3. The Morgan fingerprint density at radius 3 is 3.00 bits per heavy atom. The molecule has 26 heavy (non-hydrogen) atoms. The molecule has 2 N–H and O–H groups in total. The van der Waals surface area contributed by atoms with Crippen LogP contribution in [0.2, 0.25) is 0 Å². The molecule has 2 heterocycles. The fourth-order valence-electron chi connectivity index (χ4n) is 2.53. The van der Waals surface area contributed by atoms with E-state index in [1.807, 2.05) is 24.3 Å². The molecule has 1 aliphatic heterocycles. The second-order valence-corrected chi connectivity index (χ2v) is 7.75. The van der Waals surface area contributed by atoms with Crippen LogP contribution in [-0.2, 0) is 9.59 Å². The van der Waals surface area contributed by atoms with Crippen LogP contribution in [0.15, 0.2) is 41.3 Å². The number of para-hydroxylation sites is 2. The van der Waals surface area contributed by atoms with Gasteiger partial charge in [0.2, 0.25) is 16.9 Å². The zero-order chi connectivity index (χ0) is 18.4. The maximum absolute atomic E-state index is 12.3. The van der Waals surface area contributed by atoms with E-state index in [9.17, 15) is 9.59 Å². The molecular weight excluding hydrogens is 370 g/mol. The number of rotatable bonds is 8. The van der Waals surface area contributed by atoms with Crippen molar-refractivity contribution >= 4 is 51.4 Å². The summed E-state index contributed by atoms with van der Waals surface area (Å²) in [6.45, 7) is 4.94. The molecule has 1 aromatic carbocycles. The molecule has 1 aliphatic rings. The van der Waals surface area contributed by atoms with E-state index >= 15 is 0 Å². The molecule has 2 aromatic rings. The number of nitrogens with one attached hydrogen (secondary N) is 2. The van der Waals surface area contributed by atoms with E-state index in [0.717, 1.165) is 16.4 Å². The molecule has 136 valence electrons. The van der Waals surface area contributed by atoms with Gasteiger partial charge < -0.3 is 15.5 Å². The lowest BCUT2D eigenvalue weighted by Gasteiger charge is -2.19. The van der Waals surface area contributed by atoms with Crippen molar-refractivity contribution < 1.29 is 9.59 Å². The fourth-order valence-corrected chi connectivity index (χ4v) is 4.09. The molecule has 1 aromatic heterocycles. The topological polar surface area (TPSA) is 87.2 Å². The number of carbonyl (C=O) groups is 2. The van der Waals surface area contributed by atoms with Gasteiger partial charge in [0.05, 0.1) is 17.1 Å². The Balaban J connectivity index is 1.57. The standard InChI is InChI=1S/C17H19N5O2S2/c1-2-9-18-16-20-21-17(26-16)25-11-14(23)19-12-6-3-4-7-13(12)22-10-5-8-15(22)24/h2-4,6-7H,1,5,8-11H2,(H,18,20)(H,19,23). The summed E-state index contributed by atoms with van der Waals surface area (Å²) in [7, 11) is 0. The second-order valence-electron chi connectivity index (χ2n) is 5.55. The van der Waals surface area contributed by atoms with Crippen LogP contribution in [0, 0.1) is 0 Å². The second kappa shape index (κ2) is 8.81. The van der Waals surface area contributed by atoms with Gasteiger partial charge in [0, 0.05) is 19.5 Å². The van der Waals surface area contributed by atoms with Gasteiger partial charge in [-0.15, -0.1) is 16.8 Å². The number of benzene rings is 1. The number of aromatic nitrogens is 2. The predicted molar refractivity (Wildman–Crippen MR) is 106 cm³/mol. The Bertz CT molecular complexity index is 808. The molecule has 0 aliphatic carbocycles. The molecule has 0 atom stereocenters. The Hall–Kier alpha value is -2.39. The largest absolute Gasteiger partial charge is 0.357 e. The summed E-state index contributed by atoms with van der Waals surface area (Å²) in [6, 6.07) is 7.37. The summed E-state index contributed by atoms with van der Waals surface area (Å²) in [5.74, 6) is 0.164. The highest BCUT2D eigenvalue weighted by atomic mass is 32.2. The number of carbonyl (C=O) groups excluding carboxylic acids is 2. The first-order chi connectivity index (χ1) is 12.7. The average molecular weight is 390 g/mol. The lowest BCUT2D eigenvalue weighted by molar-refractivity contribution is -0.117. The molecule has 0 bridgehead atoms. The zero-order valence-corrected chi connectivity index (χ0v) is 15.7. The Morgan fingerprint density at radius 2 is 2.23 bits per heavy atom. The molecule has 9 heteroatoms. The number of nitrogens with zero attached hydrogens (tertiary/aromatic N) is 3. The van der Waals surface area contributed by atoms with E-state index < -0.39 is 0 Å². The highest BCUT2D eigenvalue weighted by Crippen LogP contribution is 2.30. The molecule has 3 rings (SSSR count). The lowest BCUT2D eigenvalue weighted by atomic mass is 10.2. The van der Waals surface area contributed by atoms with Gasteiger partial charge in [-0.3, -0.25) is 9.59 Å². The van der Waals surface area contributed by atoms with Gasteiger partial charge in [-0.05, 0) is 18.6 Å². The van der Waals surface area contributed by atoms with Gasteiger partial charge >= 0.3 is 0 Å². The van der Waals surface area contributed by atoms with Gasteiger partial charge in [-0.2, -0.15) is 0 Å². The number of hydrogen-bond acceptors (Lipinski definition) is 7. The highest BCUT2D eigenvalue weighted by Gasteiger charge is 2.24. The van der Waals surface area contributed by atoms with Crippen molar-refractivity contribution in [2.45, 2.75) is 17.2 Å². The van der Waals surface area contributed by atoms with E-state index in [-0.39, 0.29) is 17.6 Å². The minimum Gasteiger partial charge on any atom is -0.357 e. The van der Waals surface area contributed by atoms with E-state index in [4.69, 9.17) is 0 Å². The van der Waals surface area contributed by atoms with Crippen molar-refractivity contribution in [3.05, 3.63) is 36.9 Å². The summed E-state index contributed by atoms with van der Waals surface area (Å²) >= 11 is 2.72. The third kappa shape index (κ3) is 4.61. The van der Waals surface area contributed by atoms with Gasteiger partial charge in [-0.25, -0.2) is 0 Å². The summed E-state index contributed by atoms with van der Waals surface area (Å²) in [5, 5.41) is 14.7. The first-order valence-electron chi connectivity index (χ1n) is 8.17. The Kier molecular flexibility index (Phi) is 6.24. The minimum atomic E-state index is -0.148. The molecule has 2 amide bonds. The summed E-state index contributed by atoms with van der Waals surface area (Å²) in [5.41, 5.74) is 1.40. The first-order valence-corrected chi connectivity index (χ1v) is 9.98. The SMILES string of the molecule is C=CCNc1nnc(SCC(=O)Nc2ccccc2N2CCCC2=O)s1. The molecule has 1 saturated heterocycles. The van der Waals surface area contributed by atoms with Crippen molar-refractivity contribution in [1.29, 1.82) is 0 Å². The summed E-state index contributed by atoms with van der Waals surface area (Å²) in [6.07, 6.45) is 3.14. The minimum absolute atomic E-state index is 0.0921. The maximum Gasteiger partial charge on any atom is 0.234 e. The van der Waals surface area contributed by atoms with E-state index in [1.165, 1.54) is 23.1 Å². The van der Waals surface area contributed by atoms with Crippen molar-refractivity contribution in [2.24, 2.45) is 0 Å². The number of amides is 2. The molecule has 0 unspecified atom stereocenters. The Labute approximate surface area is 159 Å². The van der Waals surface area contributed by atoms with Gasteiger partial charge in [0.25, 0.3) is 0 Å². The fraction of sp³-hybridized carbons (Fsp3) is 0.294. The van der Waals surface area contributed by atoms with Gasteiger partial charge in [0.1, 0.15) is 0 Å².